The average molecular weight is 370 g/mol. The Morgan fingerprint density at radius 1 is 1.08 bits per heavy atom. The smallest absolute Gasteiger partial charge is 0.233 e. The molecule has 0 N–H and O–H groups in total. The first kappa shape index (κ1) is 18.3. The molecule has 0 unspecified atom stereocenters. The first-order valence-corrected chi connectivity index (χ1v) is 9.42. The molecule has 6 heteroatoms. The van der Waals surface area contributed by atoms with Crippen molar-refractivity contribution >= 4 is 22.8 Å². The number of benzene rings is 2. The van der Waals surface area contributed by atoms with E-state index in [1.807, 2.05) is 36.4 Å². The molecule has 26 heavy (non-hydrogen) atoms. The zero-order chi connectivity index (χ0) is 18.4. The number of thioether (sulfide) groups is 1. The molecule has 0 aromatic heterocycles. The van der Waals surface area contributed by atoms with Crippen LogP contribution in [0.4, 0.5) is 0 Å². The van der Waals surface area contributed by atoms with Crippen LogP contribution in [0.2, 0.25) is 0 Å². The molecule has 0 atom stereocenters. The Kier molecular flexibility index (Phi) is 6.17. The van der Waals surface area contributed by atoms with Gasteiger partial charge in [0, 0.05) is 12.3 Å². The van der Waals surface area contributed by atoms with Crippen LogP contribution in [-0.2, 0) is 17.0 Å². The van der Waals surface area contributed by atoms with Crippen molar-refractivity contribution in [2.75, 3.05) is 27.3 Å². The Hall–Kier alpha value is -2.47. The van der Waals surface area contributed by atoms with Gasteiger partial charge in [0.25, 0.3) is 0 Å². The molecule has 0 saturated carbocycles. The summed E-state index contributed by atoms with van der Waals surface area (Å²) in [5, 5.41) is 0.805. The van der Waals surface area contributed by atoms with Crippen molar-refractivity contribution in [2.45, 2.75) is 12.2 Å². The van der Waals surface area contributed by atoms with E-state index in [9.17, 15) is 4.79 Å². The van der Waals surface area contributed by atoms with Crippen molar-refractivity contribution in [3.05, 3.63) is 59.7 Å². The minimum Gasteiger partial charge on any atom is -0.493 e. The number of amidine groups is 1. The van der Waals surface area contributed by atoms with Crippen molar-refractivity contribution in [3.63, 3.8) is 0 Å². The van der Waals surface area contributed by atoms with Crippen LogP contribution in [0.3, 0.4) is 0 Å². The average Bonchev–Trinajstić information content (AvgIpc) is 3.16. The highest BCUT2D eigenvalue weighted by Crippen LogP contribution is 2.28. The van der Waals surface area contributed by atoms with Crippen molar-refractivity contribution in [3.8, 4) is 11.5 Å². The lowest BCUT2D eigenvalue weighted by atomic mass is 10.1. The summed E-state index contributed by atoms with van der Waals surface area (Å²) in [6, 6.07) is 15.8. The lowest BCUT2D eigenvalue weighted by molar-refractivity contribution is -0.126. The Morgan fingerprint density at radius 3 is 2.58 bits per heavy atom. The number of hydrogen-bond donors (Lipinski definition) is 0. The van der Waals surface area contributed by atoms with Crippen LogP contribution in [0.5, 0.6) is 11.5 Å². The SMILES string of the molecule is COc1ccc(CC(=O)N2CCN=C2SCc2ccccc2)cc1OC. The second-order valence-electron chi connectivity index (χ2n) is 5.85. The number of amides is 1. The minimum atomic E-state index is 0.0500. The Balaban J connectivity index is 1.63. The first-order valence-electron chi connectivity index (χ1n) is 8.43. The lowest BCUT2D eigenvalue weighted by Gasteiger charge is -2.18. The van der Waals surface area contributed by atoms with Crippen molar-refractivity contribution < 1.29 is 14.3 Å². The van der Waals surface area contributed by atoms with E-state index in [2.05, 4.69) is 17.1 Å². The Labute approximate surface area is 158 Å². The van der Waals surface area contributed by atoms with Crippen molar-refractivity contribution in [2.24, 2.45) is 4.99 Å². The number of nitrogens with zero attached hydrogens (tertiary/aromatic N) is 2. The summed E-state index contributed by atoms with van der Waals surface area (Å²) in [6.07, 6.45) is 0.311. The van der Waals surface area contributed by atoms with Gasteiger partial charge in [-0.2, -0.15) is 0 Å². The van der Waals surface area contributed by atoms with Crippen LogP contribution < -0.4 is 9.47 Å². The molecule has 0 fully saturated rings. The second-order valence-corrected chi connectivity index (χ2v) is 6.79. The third-order valence-electron chi connectivity index (χ3n) is 4.12. The van der Waals surface area contributed by atoms with Crippen molar-refractivity contribution in [1.82, 2.24) is 4.90 Å². The first-order chi connectivity index (χ1) is 12.7. The molecule has 0 radical (unpaired) electrons. The molecule has 0 spiro atoms. The van der Waals surface area contributed by atoms with Gasteiger partial charge >= 0.3 is 0 Å². The summed E-state index contributed by atoms with van der Waals surface area (Å²) in [5.74, 6) is 2.14. The highest BCUT2D eigenvalue weighted by molar-refractivity contribution is 8.13. The maximum Gasteiger partial charge on any atom is 0.233 e. The van der Waals surface area contributed by atoms with Crippen LogP contribution in [0.1, 0.15) is 11.1 Å². The predicted octanol–water partition coefficient (Wildman–Crippen LogP) is 3.38. The van der Waals surface area contributed by atoms with Crippen molar-refractivity contribution in [1.29, 1.82) is 0 Å². The van der Waals surface area contributed by atoms with Crippen LogP contribution in [0.15, 0.2) is 53.5 Å². The zero-order valence-electron chi connectivity index (χ0n) is 15.0. The van der Waals surface area contributed by atoms with Crippen LogP contribution >= 0.6 is 11.8 Å². The third kappa shape index (κ3) is 4.38. The zero-order valence-corrected chi connectivity index (χ0v) is 15.8. The number of hydrogen-bond acceptors (Lipinski definition) is 5. The molecule has 0 bridgehead atoms. The quantitative estimate of drug-likeness (QED) is 0.782. The number of rotatable bonds is 6. The third-order valence-corrected chi connectivity index (χ3v) is 5.20. The normalized spacial score (nSPS) is 13.5. The maximum atomic E-state index is 12.8. The van der Waals surface area contributed by atoms with E-state index in [1.165, 1.54) is 5.56 Å². The number of carbonyl (C=O) groups is 1. The summed E-state index contributed by atoms with van der Waals surface area (Å²) < 4.78 is 10.6. The molecule has 3 rings (SSSR count). The standard InChI is InChI=1S/C20H22N2O3S/c1-24-17-9-8-16(12-18(17)25-2)13-19(23)22-11-10-21-20(22)26-14-15-6-4-3-5-7-15/h3-9,12H,10-11,13-14H2,1-2H3. The fourth-order valence-corrected chi connectivity index (χ4v) is 3.78. The molecule has 0 saturated heterocycles. The highest BCUT2D eigenvalue weighted by Gasteiger charge is 2.24. The molecule has 5 nitrogen and oxygen atoms in total. The second kappa shape index (κ2) is 8.76. The number of methoxy groups -OCH3 is 2. The molecular formula is C20H22N2O3S. The number of aliphatic imine (C=N–C) groups is 1. The summed E-state index contributed by atoms with van der Waals surface area (Å²) >= 11 is 1.61. The van der Waals surface area contributed by atoms with E-state index in [-0.39, 0.29) is 5.91 Å². The fourth-order valence-electron chi connectivity index (χ4n) is 2.76. The minimum absolute atomic E-state index is 0.0500. The molecule has 2 aromatic rings. The molecular weight excluding hydrogens is 348 g/mol. The summed E-state index contributed by atoms with van der Waals surface area (Å²) in [6.45, 7) is 1.30. The Morgan fingerprint density at radius 2 is 1.85 bits per heavy atom. The van der Waals surface area contributed by atoms with Crippen LogP contribution in [0, 0.1) is 0 Å². The Bertz CT molecular complexity index is 793. The molecule has 0 aliphatic carbocycles. The van der Waals surface area contributed by atoms with E-state index in [1.54, 1.807) is 30.9 Å². The molecule has 1 aliphatic heterocycles. The molecule has 2 aromatic carbocycles. The lowest BCUT2D eigenvalue weighted by Crippen LogP contribution is -2.34. The monoisotopic (exact) mass is 370 g/mol. The summed E-state index contributed by atoms with van der Waals surface area (Å²) in [7, 11) is 3.19. The van der Waals surface area contributed by atoms with Crippen LogP contribution in [0.25, 0.3) is 0 Å². The van der Waals surface area contributed by atoms with Gasteiger partial charge in [0.2, 0.25) is 5.91 Å². The van der Waals surface area contributed by atoms with Gasteiger partial charge in [0.05, 0.1) is 27.2 Å². The molecule has 136 valence electrons. The molecule has 1 aliphatic rings. The van der Waals surface area contributed by atoms with E-state index in [0.717, 1.165) is 16.5 Å². The maximum absolute atomic E-state index is 12.8. The van der Waals surface area contributed by atoms with E-state index < -0.39 is 0 Å². The highest BCUT2D eigenvalue weighted by atomic mass is 32.2. The van der Waals surface area contributed by atoms with Gasteiger partial charge in [-0.25, -0.2) is 0 Å². The van der Waals surface area contributed by atoms with Gasteiger partial charge in [-0.05, 0) is 23.3 Å². The van der Waals surface area contributed by atoms with Gasteiger partial charge in [-0.1, -0.05) is 48.2 Å². The van der Waals surface area contributed by atoms with Gasteiger partial charge in [-0.15, -0.1) is 0 Å². The van der Waals surface area contributed by atoms with Crippen LogP contribution in [-0.4, -0.2) is 43.3 Å². The predicted molar refractivity (Wildman–Crippen MR) is 105 cm³/mol. The number of ether oxygens (including phenoxy) is 2. The van der Waals surface area contributed by atoms with Gasteiger partial charge in [0.15, 0.2) is 16.7 Å². The van der Waals surface area contributed by atoms with E-state index in [4.69, 9.17) is 9.47 Å². The van der Waals surface area contributed by atoms with E-state index >= 15 is 0 Å². The fraction of sp³-hybridized carbons (Fsp3) is 0.300. The topological polar surface area (TPSA) is 51.1 Å². The van der Waals surface area contributed by atoms with E-state index in [0.29, 0.717) is 31.0 Å². The number of carbonyl (C=O) groups excluding carboxylic acids is 1. The summed E-state index contributed by atoms with van der Waals surface area (Å²) in [4.78, 5) is 19.0. The molecule has 1 heterocycles. The van der Waals surface area contributed by atoms with Gasteiger partial charge in [-0.3, -0.25) is 14.7 Å². The summed E-state index contributed by atoms with van der Waals surface area (Å²) in [5.41, 5.74) is 2.12. The van der Waals surface area contributed by atoms with Gasteiger partial charge < -0.3 is 9.47 Å². The largest absolute Gasteiger partial charge is 0.493 e. The van der Waals surface area contributed by atoms with Gasteiger partial charge in [0.1, 0.15) is 0 Å². The molecule has 1 amide bonds.